The maximum atomic E-state index is 13.9. The molecule has 9 nitrogen and oxygen atoms in total. The average molecular weight is 965 g/mol. The van der Waals surface area contributed by atoms with Crippen LogP contribution in [0.3, 0.4) is 0 Å². The summed E-state index contributed by atoms with van der Waals surface area (Å²) in [6.45, 7) is 0. The molecule has 0 atom stereocenters. The van der Waals surface area contributed by atoms with E-state index in [0.29, 0.717) is 7.14 Å². The molecule has 18 heteroatoms. The molecule has 0 aliphatic rings. The Morgan fingerprint density at radius 1 is 0.829 bits per heavy atom. The number of halogens is 8. The van der Waals surface area contributed by atoms with Crippen LogP contribution in [0, 0.1) is 49.6 Å². The topological polar surface area (TPSA) is 147 Å². The summed E-state index contributed by atoms with van der Waals surface area (Å²) in [5.41, 5.74) is -0.830. The normalized spacial score (nSPS) is 10.9. The molecular formula is C17HF4I4O9S-. The highest BCUT2D eigenvalue weighted by atomic mass is 127. The van der Waals surface area contributed by atoms with E-state index in [9.17, 15) is 50.0 Å². The first kappa shape index (κ1) is 30.2. The summed E-state index contributed by atoms with van der Waals surface area (Å²) in [6.07, 6.45) is 1.50. The molecule has 0 aliphatic heterocycles. The van der Waals surface area contributed by atoms with E-state index in [2.05, 4.69) is 9.47 Å². The van der Waals surface area contributed by atoms with Crippen LogP contribution in [0.5, 0.6) is 5.75 Å². The molecule has 0 saturated carbocycles. The molecule has 2 aromatic carbocycles. The Bertz CT molecular complexity index is 1450. The second-order valence-corrected chi connectivity index (χ2v) is 11.3. The van der Waals surface area contributed by atoms with E-state index in [1.807, 2.05) is 45.2 Å². The number of hydrogen-bond donors (Lipinski definition) is 1. The molecule has 0 spiro atoms. The SMILES string of the molecule is O=C(C#COC(=O)c1c(I)c(I)c(I)c(I)c1C(=O)O)Oc1c(F)c(F)c(S(=O)(=O)[O-])c(F)c1F. The maximum Gasteiger partial charge on any atom is 0.393 e. The van der Waals surface area contributed by atoms with Gasteiger partial charge in [-0.25, -0.2) is 31.6 Å². The van der Waals surface area contributed by atoms with E-state index >= 15 is 0 Å². The highest BCUT2D eigenvalue weighted by Gasteiger charge is 2.31. The Morgan fingerprint density at radius 3 is 1.71 bits per heavy atom. The minimum atomic E-state index is -5.98. The van der Waals surface area contributed by atoms with E-state index < -0.39 is 73.1 Å². The van der Waals surface area contributed by atoms with Gasteiger partial charge >= 0.3 is 17.9 Å². The van der Waals surface area contributed by atoms with Crippen LogP contribution in [-0.4, -0.2) is 36.0 Å². The molecule has 0 amide bonds. The van der Waals surface area contributed by atoms with Gasteiger partial charge in [-0.1, -0.05) is 0 Å². The van der Waals surface area contributed by atoms with Crippen LogP contribution >= 0.6 is 90.4 Å². The molecule has 2 aromatic rings. The molecule has 0 fully saturated rings. The van der Waals surface area contributed by atoms with E-state index in [1.54, 1.807) is 45.2 Å². The first-order chi connectivity index (χ1) is 16.0. The number of esters is 2. The van der Waals surface area contributed by atoms with Crippen molar-refractivity contribution in [3.63, 3.8) is 0 Å². The van der Waals surface area contributed by atoms with Crippen LogP contribution in [0.15, 0.2) is 4.90 Å². The second-order valence-electron chi connectivity index (χ2n) is 5.69. The summed E-state index contributed by atoms with van der Waals surface area (Å²) in [7, 11) is -5.98. The molecule has 0 bridgehead atoms. The lowest BCUT2D eigenvalue weighted by Crippen LogP contribution is -2.17. The van der Waals surface area contributed by atoms with Crippen molar-refractivity contribution >= 4 is 118 Å². The fourth-order valence-corrected chi connectivity index (χ4v) is 6.47. The Balaban J connectivity index is 2.37. The number of rotatable bonds is 4. The van der Waals surface area contributed by atoms with Crippen LogP contribution in [-0.2, 0) is 19.6 Å². The summed E-state index contributed by atoms with van der Waals surface area (Å²) >= 11 is 7.10. The summed E-state index contributed by atoms with van der Waals surface area (Å²) in [5, 5.41) is 9.46. The lowest BCUT2D eigenvalue weighted by molar-refractivity contribution is -0.128. The average Bonchev–Trinajstić information content (AvgIpc) is 2.74. The van der Waals surface area contributed by atoms with Gasteiger partial charge in [0.05, 0.1) is 17.0 Å². The van der Waals surface area contributed by atoms with Crippen LogP contribution in [0.4, 0.5) is 17.6 Å². The smallest absolute Gasteiger partial charge is 0.393 e. The zero-order chi connectivity index (χ0) is 27.0. The monoisotopic (exact) mass is 965 g/mol. The van der Waals surface area contributed by atoms with Gasteiger partial charge < -0.3 is 19.1 Å². The van der Waals surface area contributed by atoms with Gasteiger partial charge in [0.15, 0.2) is 11.6 Å². The van der Waals surface area contributed by atoms with Crippen LogP contribution in [0.1, 0.15) is 20.7 Å². The molecular weight excluding hydrogens is 964 g/mol. The molecule has 0 aromatic heterocycles. The maximum absolute atomic E-state index is 13.9. The zero-order valence-electron chi connectivity index (χ0n) is 15.6. The minimum absolute atomic E-state index is 0.184. The van der Waals surface area contributed by atoms with Crippen LogP contribution in [0.25, 0.3) is 0 Å². The fraction of sp³-hybridized carbons (Fsp3) is 0. The molecule has 0 aliphatic carbocycles. The van der Waals surface area contributed by atoms with Gasteiger partial charge in [-0.3, -0.25) is 0 Å². The molecule has 35 heavy (non-hydrogen) atoms. The van der Waals surface area contributed by atoms with Crippen LogP contribution in [0.2, 0.25) is 0 Å². The number of carboxylic acid groups (broad SMARTS) is 1. The van der Waals surface area contributed by atoms with Gasteiger partial charge in [-0.2, -0.15) is 8.78 Å². The van der Waals surface area contributed by atoms with E-state index in [1.165, 1.54) is 12.0 Å². The van der Waals surface area contributed by atoms with Gasteiger partial charge in [0, 0.05) is 14.3 Å². The van der Waals surface area contributed by atoms with Gasteiger partial charge in [-0.15, -0.1) is 0 Å². The van der Waals surface area contributed by atoms with Crippen molar-refractivity contribution in [1.29, 1.82) is 0 Å². The first-order valence-corrected chi connectivity index (χ1v) is 13.6. The Labute approximate surface area is 246 Å². The fourth-order valence-electron chi connectivity index (χ4n) is 2.21. The van der Waals surface area contributed by atoms with E-state index in [0.717, 1.165) is 0 Å². The third-order valence-corrected chi connectivity index (χ3v) is 11.9. The number of carbonyl (C=O) groups is 3. The molecule has 1 N–H and O–H groups in total. The molecule has 0 radical (unpaired) electrons. The first-order valence-electron chi connectivity index (χ1n) is 7.87. The van der Waals surface area contributed by atoms with Crippen molar-refractivity contribution in [2.24, 2.45) is 0 Å². The summed E-state index contributed by atoms with van der Waals surface area (Å²) in [5.74, 6) is -15.7. The van der Waals surface area contributed by atoms with Crippen molar-refractivity contribution in [3.8, 4) is 17.8 Å². The Hall–Kier alpha value is -1.04. The van der Waals surface area contributed by atoms with Gasteiger partial charge in [0.25, 0.3) is 0 Å². The highest BCUT2D eigenvalue weighted by Crippen LogP contribution is 2.34. The highest BCUT2D eigenvalue weighted by molar-refractivity contribution is 14.1. The van der Waals surface area contributed by atoms with Crippen LogP contribution < -0.4 is 4.74 Å². The summed E-state index contributed by atoms with van der Waals surface area (Å²) in [6, 6.07) is 0. The number of benzene rings is 2. The summed E-state index contributed by atoms with van der Waals surface area (Å²) in [4.78, 5) is 33.3. The van der Waals surface area contributed by atoms with Crippen molar-refractivity contribution in [2.75, 3.05) is 0 Å². The predicted molar refractivity (Wildman–Crippen MR) is 137 cm³/mol. The zero-order valence-corrected chi connectivity index (χ0v) is 25.1. The number of carbonyl (C=O) groups excluding carboxylic acids is 2. The molecule has 186 valence electrons. The summed E-state index contributed by atoms with van der Waals surface area (Å²) < 4.78 is 97.5. The molecule has 2 rings (SSSR count). The minimum Gasteiger partial charge on any atom is -0.744 e. The number of ether oxygens (including phenoxy) is 2. The number of hydrogen-bond acceptors (Lipinski definition) is 8. The van der Waals surface area contributed by atoms with E-state index in [-0.39, 0.29) is 7.14 Å². The largest absolute Gasteiger partial charge is 0.744 e. The number of carboxylic acids is 1. The van der Waals surface area contributed by atoms with Crippen molar-refractivity contribution < 1.29 is 59.5 Å². The third kappa shape index (κ3) is 6.27. The molecule has 0 saturated heterocycles. The van der Waals surface area contributed by atoms with Gasteiger partial charge in [0.1, 0.15) is 21.1 Å². The predicted octanol–water partition coefficient (Wildman–Crippen LogP) is 3.99. The second kappa shape index (κ2) is 11.6. The standard InChI is InChI=1S/C17H2F4I4O9S/c18-6-8(20)15(35(30,31)32)9(21)7(19)14(6)34-3(26)1-2-33-17(29)5-4(16(27)28)10(22)12(24)13(25)11(5)23/h(H,27,28)(H,30,31,32)/p-1. The quantitative estimate of drug-likeness (QED) is 0.0703. The van der Waals surface area contributed by atoms with Crippen molar-refractivity contribution in [2.45, 2.75) is 4.90 Å². The Morgan fingerprint density at radius 2 is 1.29 bits per heavy atom. The van der Waals surface area contributed by atoms with E-state index in [4.69, 9.17) is 0 Å². The van der Waals surface area contributed by atoms with Crippen molar-refractivity contribution in [1.82, 2.24) is 0 Å². The lowest BCUT2D eigenvalue weighted by Gasteiger charge is -2.13. The number of aromatic carboxylic acids is 1. The van der Waals surface area contributed by atoms with Gasteiger partial charge in [-0.05, 0) is 90.4 Å². The molecule has 0 unspecified atom stereocenters. The molecule has 0 heterocycles. The lowest BCUT2D eigenvalue weighted by atomic mass is 10.1. The van der Waals surface area contributed by atoms with Gasteiger partial charge in [0.2, 0.25) is 17.4 Å². The van der Waals surface area contributed by atoms with Crippen molar-refractivity contribution in [3.05, 3.63) is 48.7 Å². The Kier molecular flexibility index (Phi) is 9.97. The third-order valence-electron chi connectivity index (χ3n) is 3.61.